The zero-order valence-corrected chi connectivity index (χ0v) is 23.6. The minimum Gasteiger partial charge on any atom is -0.354 e. The summed E-state index contributed by atoms with van der Waals surface area (Å²) in [5, 5.41) is 3.20. The molecular formula is C28H31Cl2N3O4S. The van der Waals surface area contributed by atoms with Gasteiger partial charge in [-0.3, -0.25) is 13.9 Å². The summed E-state index contributed by atoms with van der Waals surface area (Å²) in [4.78, 5) is 28.1. The molecule has 38 heavy (non-hydrogen) atoms. The molecular weight excluding hydrogens is 545 g/mol. The minimum absolute atomic E-state index is 0.00610. The number of carbonyl (C=O) groups is 2. The number of rotatable bonds is 12. The van der Waals surface area contributed by atoms with Gasteiger partial charge in [0.1, 0.15) is 12.6 Å². The maximum Gasteiger partial charge on any atom is 0.264 e. The number of sulfonamides is 1. The van der Waals surface area contributed by atoms with Gasteiger partial charge in [-0.05, 0) is 55.7 Å². The summed E-state index contributed by atoms with van der Waals surface area (Å²) in [6.45, 7) is 3.68. The number of halogens is 2. The van der Waals surface area contributed by atoms with Crippen molar-refractivity contribution >= 4 is 50.7 Å². The highest BCUT2D eigenvalue weighted by molar-refractivity contribution is 7.92. The van der Waals surface area contributed by atoms with Crippen LogP contribution in [-0.2, 0) is 26.0 Å². The highest BCUT2D eigenvalue weighted by Gasteiger charge is 2.33. The quantitative estimate of drug-likeness (QED) is 0.322. The summed E-state index contributed by atoms with van der Waals surface area (Å²) in [7, 11) is -4.21. The second-order valence-corrected chi connectivity index (χ2v) is 11.4. The number of hydrogen-bond acceptors (Lipinski definition) is 4. The van der Waals surface area contributed by atoms with Crippen LogP contribution in [0.1, 0.15) is 25.8 Å². The van der Waals surface area contributed by atoms with Gasteiger partial charge in [0.2, 0.25) is 11.8 Å². The van der Waals surface area contributed by atoms with Crippen LogP contribution >= 0.6 is 23.2 Å². The van der Waals surface area contributed by atoms with Crippen molar-refractivity contribution in [3.63, 3.8) is 0 Å². The highest BCUT2D eigenvalue weighted by atomic mass is 35.5. The number of nitrogens with one attached hydrogen (secondary N) is 1. The topological polar surface area (TPSA) is 86.8 Å². The third-order valence-electron chi connectivity index (χ3n) is 5.99. The molecule has 2 amide bonds. The lowest BCUT2D eigenvalue weighted by Gasteiger charge is -2.32. The Balaban J connectivity index is 1.99. The molecule has 0 aliphatic heterocycles. The van der Waals surface area contributed by atoms with E-state index in [4.69, 9.17) is 23.2 Å². The molecule has 0 bridgehead atoms. The van der Waals surface area contributed by atoms with Gasteiger partial charge in [0.15, 0.2) is 0 Å². The van der Waals surface area contributed by atoms with Crippen LogP contribution in [0, 0.1) is 0 Å². The summed E-state index contributed by atoms with van der Waals surface area (Å²) < 4.78 is 28.5. The molecule has 0 aliphatic carbocycles. The molecule has 0 spiro atoms. The molecule has 202 valence electrons. The Morgan fingerprint density at radius 3 is 2.21 bits per heavy atom. The number of benzene rings is 3. The summed E-state index contributed by atoms with van der Waals surface area (Å²) in [5.41, 5.74) is 1.06. The van der Waals surface area contributed by atoms with E-state index < -0.39 is 28.5 Å². The maximum absolute atomic E-state index is 13.8. The van der Waals surface area contributed by atoms with Crippen molar-refractivity contribution in [2.45, 2.75) is 37.6 Å². The average molecular weight is 577 g/mol. The number of carbonyl (C=O) groups excluding carboxylic acids is 2. The van der Waals surface area contributed by atoms with Gasteiger partial charge in [-0.1, -0.05) is 78.7 Å². The van der Waals surface area contributed by atoms with Crippen molar-refractivity contribution in [3.05, 3.63) is 94.5 Å². The molecule has 0 saturated heterocycles. The first-order valence-electron chi connectivity index (χ1n) is 12.3. The lowest BCUT2D eigenvalue weighted by molar-refractivity contribution is -0.138. The van der Waals surface area contributed by atoms with Gasteiger partial charge < -0.3 is 10.2 Å². The summed E-state index contributed by atoms with van der Waals surface area (Å²) in [5.74, 6) is -0.859. The molecule has 3 aromatic rings. The Kier molecular flexibility index (Phi) is 10.6. The predicted octanol–water partition coefficient (Wildman–Crippen LogP) is 5.17. The highest BCUT2D eigenvalue weighted by Crippen LogP contribution is 2.33. The second kappa shape index (κ2) is 13.6. The molecule has 0 unspecified atom stereocenters. The minimum atomic E-state index is -4.21. The fourth-order valence-corrected chi connectivity index (χ4v) is 5.76. The van der Waals surface area contributed by atoms with Crippen LogP contribution in [0.25, 0.3) is 0 Å². The molecule has 0 heterocycles. The Morgan fingerprint density at radius 1 is 0.947 bits per heavy atom. The largest absolute Gasteiger partial charge is 0.354 e. The lowest BCUT2D eigenvalue weighted by atomic mass is 10.1. The molecule has 1 atom stereocenters. The van der Waals surface area contributed by atoms with Crippen molar-refractivity contribution in [2.75, 3.05) is 23.9 Å². The third-order valence-corrected chi connectivity index (χ3v) is 8.32. The van der Waals surface area contributed by atoms with Crippen molar-refractivity contribution in [1.29, 1.82) is 0 Å². The Morgan fingerprint density at radius 2 is 1.58 bits per heavy atom. The van der Waals surface area contributed by atoms with Gasteiger partial charge in [0.25, 0.3) is 10.0 Å². The van der Waals surface area contributed by atoms with Gasteiger partial charge in [-0.25, -0.2) is 8.42 Å². The van der Waals surface area contributed by atoms with Gasteiger partial charge in [0, 0.05) is 18.1 Å². The van der Waals surface area contributed by atoms with Crippen LogP contribution in [0.15, 0.2) is 83.8 Å². The van der Waals surface area contributed by atoms with Crippen molar-refractivity contribution in [2.24, 2.45) is 0 Å². The number of nitrogens with zero attached hydrogens (tertiary/aromatic N) is 2. The monoisotopic (exact) mass is 575 g/mol. The molecule has 0 radical (unpaired) electrons. The number of amides is 2. The molecule has 10 heteroatoms. The molecule has 7 nitrogen and oxygen atoms in total. The summed E-state index contributed by atoms with van der Waals surface area (Å²) in [6, 6.07) is 20.9. The van der Waals surface area contributed by atoms with E-state index in [1.807, 2.05) is 37.3 Å². The summed E-state index contributed by atoms with van der Waals surface area (Å²) in [6.07, 6.45) is 1.23. The van der Waals surface area contributed by atoms with Crippen molar-refractivity contribution in [1.82, 2.24) is 10.2 Å². The van der Waals surface area contributed by atoms with E-state index in [0.717, 1.165) is 16.3 Å². The van der Waals surface area contributed by atoms with Crippen LogP contribution in [0.3, 0.4) is 0 Å². The first-order valence-corrected chi connectivity index (χ1v) is 14.5. The van der Waals surface area contributed by atoms with E-state index >= 15 is 0 Å². The van der Waals surface area contributed by atoms with E-state index in [9.17, 15) is 18.0 Å². The van der Waals surface area contributed by atoms with E-state index in [0.29, 0.717) is 13.0 Å². The molecule has 0 aromatic heterocycles. The summed E-state index contributed by atoms with van der Waals surface area (Å²) >= 11 is 12.6. The average Bonchev–Trinajstić information content (AvgIpc) is 2.92. The Bertz CT molecular complexity index is 1340. The second-order valence-electron chi connectivity index (χ2n) is 8.71. The van der Waals surface area contributed by atoms with Gasteiger partial charge in [0.05, 0.1) is 15.6 Å². The first kappa shape index (κ1) is 29.5. The molecule has 3 aromatic carbocycles. The number of hydrogen-bond donors (Lipinski definition) is 1. The normalized spacial score (nSPS) is 12.0. The lowest BCUT2D eigenvalue weighted by Crippen LogP contribution is -2.52. The number of anilines is 1. The fraction of sp³-hybridized carbons (Fsp3) is 0.286. The molecule has 0 aliphatic rings. The Labute approximate surface area is 234 Å². The SMILES string of the molecule is CCCNC(=O)[C@@H](C)N(CCc1ccccc1)C(=O)CN(c1cc(Cl)ccc1Cl)S(=O)(=O)c1ccccc1. The van der Waals surface area contributed by atoms with Crippen molar-refractivity contribution in [3.8, 4) is 0 Å². The van der Waals surface area contributed by atoms with Crippen molar-refractivity contribution < 1.29 is 18.0 Å². The van der Waals surface area contributed by atoms with Gasteiger partial charge >= 0.3 is 0 Å². The van der Waals surface area contributed by atoms with Crippen LogP contribution in [0.4, 0.5) is 5.69 Å². The molecule has 0 fully saturated rings. The molecule has 3 rings (SSSR count). The smallest absolute Gasteiger partial charge is 0.264 e. The van der Waals surface area contributed by atoms with Crippen LogP contribution < -0.4 is 9.62 Å². The van der Waals surface area contributed by atoms with Gasteiger partial charge in [-0.2, -0.15) is 0 Å². The van der Waals surface area contributed by atoms with Crippen LogP contribution in [0.5, 0.6) is 0 Å². The molecule has 0 saturated carbocycles. The van der Waals surface area contributed by atoms with Crippen LogP contribution in [-0.4, -0.2) is 50.8 Å². The van der Waals surface area contributed by atoms with Gasteiger partial charge in [-0.15, -0.1) is 0 Å². The van der Waals surface area contributed by atoms with E-state index in [1.54, 1.807) is 25.1 Å². The standard InChI is InChI=1S/C28H31Cl2N3O4S/c1-3-17-31-28(35)21(2)32(18-16-22-10-6-4-7-11-22)27(34)20-33(26-19-23(29)14-15-25(26)30)38(36,37)24-12-8-5-9-13-24/h4-15,19,21H,3,16-18,20H2,1-2H3,(H,31,35)/t21-/m1/s1. The molecule has 1 N–H and O–H groups in total. The first-order chi connectivity index (χ1) is 18.1. The zero-order valence-electron chi connectivity index (χ0n) is 21.3. The van der Waals surface area contributed by atoms with Crippen LogP contribution in [0.2, 0.25) is 10.0 Å². The fourth-order valence-electron chi connectivity index (χ4n) is 3.88. The predicted molar refractivity (Wildman–Crippen MR) is 152 cm³/mol. The van der Waals surface area contributed by atoms with E-state index in [-0.39, 0.29) is 33.1 Å². The zero-order chi connectivity index (χ0) is 27.7. The van der Waals surface area contributed by atoms with E-state index in [1.165, 1.54) is 35.2 Å². The third kappa shape index (κ3) is 7.49. The maximum atomic E-state index is 13.8. The van der Waals surface area contributed by atoms with E-state index in [2.05, 4.69) is 5.32 Å². The Hall–Kier alpha value is -3.07.